The van der Waals surface area contributed by atoms with Gasteiger partial charge >= 0.3 is 0 Å². The van der Waals surface area contributed by atoms with Crippen LogP contribution in [-0.4, -0.2) is 317 Å². The predicted molar refractivity (Wildman–Crippen MR) is 249 cm³/mol. The van der Waals surface area contributed by atoms with Gasteiger partial charge in [0.1, 0.15) is 110 Å². The van der Waals surface area contributed by atoms with Crippen LogP contribution < -0.4 is 16.0 Å². The maximum atomic E-state index is 12.5. The van der Waals surface area contributed by atoms with Crippen molar-refractivity contribution in [3.63, 3.8) is 0 Å². The Hall–Kier alpha value is -2.67. The van der Waals surface area contributed by atoms with Crippen LogP contribution in [0.25, 0.3) is 0 Å². The number of hydrogen-bond acceptors (Lipinski definition) is 30. The molecule has 456 valence electrons. The van der Waals surface area contributed by atoms with Gasteiger partial charge in [0, 0.05) is 33.1 Å². The van der Waals surface area contributed by atoms with Crippen LogP contribution in [0, 0.1) is 11.8 Å². The lowest BCUT2D eigenvalue weighted by Gasteiger charge is -2.56. The summed E-state index contributed by atoms with van der Waals surface area (Å²) in [6, 6.07) is -4.13. The molecule has 0 aromatic heterocycles. The SMILES string of the molecule is CC(=O)NC1C(O)[C@H](O[C@@H]2OC3CC(O)(O)[C@@H]3[C@H](O)C2O)[C@H](CO)O[C@H]1OCCC1[C@@H](OCC2O[C@@H](O[C@@H]3C(CO)O[C@@H](O[C@@H]4C(CO)O[C@@H](C)C(NC(C)=O)[C@H]4O)C(NC(C)=O)[C@H]3O)C(O)[C@@H](O)[C@@H]2O)OC(CO)[C@@H](O)[C@@H]1O. The predicted octanol–water partition coefficient (Wildman–Crippen LogP) is -11.6. The van der Waals surface area contributed by atoms with E-state index in [4.69, 9.17) is 52.1 Å². The molecule has 0 aromatic rings. The Morgan fingerprint density at radius 3 is 1.43 bits per heavy atom. The third kappa shape index (κ3) is 13.8. The average molecular weight is 1150 g/mol. The van der Waals surface area contributed by atoms with Crippen molar-refractivity contribution in [2.45, 2.75) is 218 Å². The quantitative estimate of drug-likeness (QED) is 0.0503. The fourth-order valence-electron chi connectivity index (χ4n) is 11.2. The summed E-state index contributed by atoms with van der Waals surface area (Å²) in [5, 5.41) is 180. The van der Waals surface area contributed by atoms with Crippen molar-refractivity contribution in [1.82, 2.24) is 16.0 Å². The first kappa shape index (κ1) is 63.9. The number of fused-ring (bicyclic) bond motifs is 1. The van der Waals surface area contributed by atoms with Crippen LogP contribution in [0.3, 0.4) is 0 Å². The summed E-state index contributed by atoms with van der Waals surface area (Å²) >= 11 is 0. The standard InChI is InChI=1S/C46H77N3O30/c1-13-25(47-14(2)54)32(61)38(20(9-51)71-13)77-43-27(49-16(4)56)34(63)40(22(11-53)75-43)79-45-37(66)35(64)30(59)23(76-45)12-70-41-17(28(57)29(58)19(8-50)73-41)5-6-69-42-26(48-15(3)55)33(62)39(21(10-52)74-42)78-44-36(65)31(60)24-18(72-44)7-46(24,67)68/h13,17-45,50-53,57-68H,5-12H2,1-4H3,(H,47,54)(H,48,55)(H,49,56)/t13-,17?,18?,19?,20?,21-,22?,23?,24-,25?,26?,27?,28+,29+,30+,31-,32+,33?,34+,35-,36?,37?,38+,39+,40+,41-,42+,43-,44-,45-/m0/s1. The molecule has 12 unspecified atom stereocenters. The van der Waals surface area contributed by atoms with E-state index in [2.05, 4.69) is 16.0 Å². The number of aliphatic hydroxyl groups is 16. The van der Waals surface area contributed by atoms with Gasteiger partial charge in [-0.1, -0.05) is 0 Å². The van der Waals surface area contributed by atoms with E-state index in [0.717, 1.165) is 13.8 Å². The van der Waals surface area contributed by atoms with Crippen molar-refractivity contribution in [1.29, 1.82) is 0 Å². The molecule has 0 bridgehead atoms. The van der Waals surface area contributed by atoms with Crippen molar-refractivity contribution >= 4 is 17.7 Å². The highest BCUT2D eigenvalue weighted by molar-refractivity contribution is 5.74. The number of hydrogen-bond donors (Lipinski definition) is 19. The van der Waals surface area contributed by atoms with Gasteiger partial charge in [0.15, 0.2) is 37.2 Å². The molecule has 33 heteroatoms. The van der Waals surface area contributed by atoms with Crippen LogP contribution in [0.15, 0.2) is 0 Å². The fraction of sp³-hybridized carbons (Fsp3) is 0.935. The fourth-order valence-corrected chi connectivity index (χ4v) is 11.2. The number of nitrogens with one attached hydrogen (secondary N) is 3. The maximum absolute atomic E-state index is 12.5. The molecule has 1 saturated carbocycles. The highest BCUT2D eigenvalue weighted by atomic mass is 16.8. The van der Waals surface area contributed by atoms with Crippen LogP contribution >= 0.6 is 0 Å². The zero-order chi connectivity index (χ0) is 58.1. The molecule has 7 aliphatic rings. The van der Waals surface area contributed by atoms with Crippen LogP contribution in [-0.2, 0) is 66.5 Å². The van der Waals surface area contributed by atoms with Gasteiger partial charge in [0.05, 0.1) is 76.0 Å². The molecular formula is C46H77N3O30. The molecule has 1 aliphatic carbocycles. The van der Waals surface area contributed by atoms with E-state index < -0.39 is 247 Å². The molecule has 3 amide bonds. The lowest BCUT2D eigenvalue weighted by Crippen LogP contribution is -2.72. The van der Waals surface area contributed by atoms with Crippen molar-refractivity contribution in [2.75, 3.05) is 39.6 Å². The summed E-state index contributed by atoms with van der Waals surface area (Å²) in [6.45, 7) is 0.356. The summed E-state index contributed by atoms with van der Waals surface area (Å²) in [5.74, 6) is -6.86. The van der Waals surface area contributed by atoms with Gasteiger partial charge in [-0.3, -0.25) is 14.4 Å². The summed E-state index contributed by atoms with van der Waals surface area (Å²) < 4.78 is 64.6. The van der Waals surface area contributed by atoms with E-state index in [9.17, 15) is 96.1 Å². The van der Waals surface area contributed by atoms with Gasteiger partial charge in [0.2, 0.25) is 17.7 Å². The van der Waals surface area contributed by atoms with Crippen molar-refractivity contribution < 1.29 is 148 Å². The number of amides is 3. The van der Waals surface area contributed by atoms with Crippen molar-refractivity contribution in [2.24, 2.45) is 11.8 Å². The average Bonchev–Trinajstić information content (AvgIpc) is 3.56. The largest absolute Gasteiger partial charge is 0.394 e. The van der Waals surface area contributed by atoms with Crippen LogP contribution in [0.4, 0.5) is 0 Å². The molecule has 6 heterocycles. The maximum Gasteiger partial charge on any atom is 0.217 e. The summed E-state index contributed by atoms with van der Waals surface area (Å²) in [6.07, 6.45) is -41.6. The second-order valence-corrected chi connectivity index (χ2v) is 21.0. The number of carbonyl (C=O) groups excluding carboxylic acids is 3. The third-order valence-corrected chi connectivity index (χ3v) is 15.4. The summed E-state index contributed by atoms with van der Waals surface area (Å²) in [4.78, 5) is 36.8. The van der Waals surface area contributed by atoms with E-state index in [1.165, 1.54) is 13.8 Å². The number of rotatable bonds is 20. The Kier molecular flexibility index (Phi) is 21.8. The Bertz CT molecular complexity index is 2000. The number of ether oxygens (including phenoxy) is 11. The molecule has 0 radical (unpaired) electrons. The van der Waals surface area contributed by atoms with E-state index in [1.807, 2.05) is 0 Å². The first-order valence-electron chi connectivity index (χ1n) is 25.9. The molecule has 79 heavy (non-hydrogen) atoms. The second-order valence-electron chi connectivity index (χ2n) is 21.0. The number of carbonyl (C=O) groups is 3. The van der Waals surface area contributed by atoms with Crippen LogP contribution in [0.1, 0.15) is 40.5 Å². The normalized spacial score (nSPS) is 48.0. The summed E-state index contributed by atoms with van der Waals surface area (Å²) in [5.41, 5.74) is 0. The molecule has 6 aliphatic heterocycles. The smallest absolute Gasteiger partial charge is 0.217 e. The zero-order valence-electron chi connectivity index (χ0n) is 43.3. The molecule has 19 N–H and O–H groups in total. The van der Waals surface area contributed by atoms with Crippen molar-refractivity contribution in [3.05, 3.63) is 0 Å². The minimum absolute atomic E-state index is 0.306. The van der Waals surface area contributed by atoms with Gasteiger partial charge < -0.3 is 150 Å². The molecule has 30 atom stereocenters. The van der Waals surface area contributed by atoms with Gasteiger partial charge in [-0.05, 0) is 13.3 Å². The first-order valence-corrected chi connectivity index (χ1v) is 25.9. The third-order valence-electron chi connectivity index (χ3n) is 15.4. The molecule has 33 nitrogen and oxygen atoms in total. The van der Waals surface area contributed by atoms with E-state index in [-0.39, 0.29) is 12.8 Å². The van der Waals surface area contributed by atoms with E-state index in [0.29, 0.717) is 0 Å². The van der Waals surface area contributed by atoms with Gasteiger partial charge in [-0.25, -0.2) is 0 Å². The number of aliphatic hydroxyl groups excluding tert-OH is 14. The second kappa shape index (κ2) is 26.9. The Balaban J connectivity index is 1.01. The first-order chi connectivity index (χ1) is 37.3. The van der Waals surface area contributed by atoms with Gasteiger partial charge in [-0.15, -0.1) is 0 Å². The van der Waals surface area contributed by atoms with E-state index in [1.54, 1.807) is 0 Å². The molecule has 6 saturated heterocycles. The molecular weight excluding hydrogens is 1070 g/mol. The van der Waals surface area contributed by atoms with E-state index >= 15 is 0 Å². The van der Waals surface area contributed by atoms with Gasteiger partial charge in [0.25, 0.3) is 0 Å². The Labute approximate surface area is 450 Å². The van der Waals surface area contributed by atoms with Crippen molar-refractivity contribution in [3.8, 4) is 0 Å². The molecule has 0 aromatic carbocycles. The lowest BCUT2D eigenvalue weighted by atomic mass is 9.69. The lowest BCUT2D eigenvalue weighted by molar-refractivity contribution is -0.407. The highest BCUT2D eigenvalue weighted by Crippen LogP contribution is 2.47. The topological polar surface area (TPSA) is 513 Å². The Morgan fingerprint density at radius 1 is 0.468 bits per heavy atom. The molecule has 7 rings (SSSR count). The van der Waals surface area contributed by atoms with Crippen LogP contribution in [0.5, 0.6) is 0 Å². The van der Waals surface area contributed by atoms with Gasteiger partial charge in [-0.2, -0.15) is 0 Å². The van der Waals surface area contributed by atoms with Crippen LogP contribution in [0.2, 0.25) is 0 Å². The minimum atomic E-state index is -2.32. The molecule has 7 fully saturated rings. The minimum Gasteiger partial charge on any atom is -0.394 e. The molecule has 0 spiro atoms. The Morgan fingerprint density at radius 2 is 0.899 bits per heavy atom. The summed E-state index contributed by atoms with van der Waals surface area (Å²) in [7, 11) is 0. The highest BCUT2D eigenvalue weighted by Gasteiger charge is 2.63. The zero-order valence-corrected chi connectivity index (χ0v) is 43.3. The monoisotopic (exact) mass is 1150 g/mol.